The van der Waals surface area contributed by atoms with Crippen LogP contribution in [0.25, 0.3) is 0 Å². The molecule has 1 heterocycles. The average molecular weight is 306 g/mol. The van der Waals surface area contributed by atoms with Crippen molar-refractivity contribution in [2.24, 2.45) is 0 Å². The molecule has 0 aromatic heterocycles. The number of hydrogen-bond acceptors (Lipinski definition) is 3. The molecule has 114 valence electrons. The first-order valence-electron chi connectivity index (χ1n) is 7.40. The molecule has 0 spiro atoms. The Morgan fingerprint density at radius 3 is 2.57 bits per heavy atom. The smallest absolute Gasteiger partial charge is 0.212 e. The molecule has 0 bridgehead atoms. The summed E-state index contributed by atoms with van der Waals surface area (Å²) in [6.07, 6.45) is 1.55. The summed E-state index contributed by atoms with van der Waals surface area (Å²) in [6, 6.07) is 12.1. The summed E-state index contributed by atoms with van der Waals surface area (Å²) in [5.74, 6) is 0.309. The Kier molecular flexibility index (Phi) is 5.02. The molecule has 0 N–H and O–H groups in total. The van der Waals surface area contributed by atoms with Crippen molar-refractivity contribution in [1.82, 2.24) is 4.31 Å². The van der Waals surface area contributed by atoms with E-state index in [2.05, 4.69) is 12.1 Å². The van der Waals surface area contributed by atoms with Crippen molar-refractivity contribution in [3.63, 3.8) is 0 Å². The Hall–Kier alpha value is -1.38. The van der Waals surface area contributed by atoms with E-state index in [0.29, 0.717) is 6.42 Å². The first kappa shape index (κ1) is 16.0. The van der Waals surface area contributed by atoms with Crippen LogP contribution in [-0.4, -0.2) is 30.6 Å². The van der Waals surface area contributed by atoms with E-state index in [4.69, 9.17) is 5.26 Å². The second kappa shape index (κ2) is 6.59. The second-order valence-corrected chi connectivity index (χ2v) is 7.74. The molecule has 3 unspecified atom stereocenters. The molecule has 4 nitrogen and oxygen atoms in total. The lowest BCUT2D eigenvalue weighted by molar-refractivity contribution is 0.343. The summed E-state index contributed by atoms with van der Waals surface area (Å²) in [5.41, 5.74) is 1.20. The van der Waals surface area contributed by atoms with Crippen molar-refractivity contribution in [2.45, 2.75) is 51.1 Å². The molecule has 1 fully saturated rings. The highest BCUT2D eigenvalue weighted by Gasteiger charge is 2.42. The maximum Gasteiger partial charge on any atom is 0.214 e. The maximum atomic E-state index is 12.5. The van der Waals surface area contributed by atoms with E-state index in [-0.39, 0.29) is 30.2 Å². The van der Waals surface area contributed by atoms with Crippen LogP contribution in [0.5, 0.6) is 0 Å². The minimum Gasteiger partial charge on any atom is -0.212 e. The predicted octanol–water partition coefficient (Wildman–Crippen LogP) is 2.89. The Morgan fingerprint density at radius 2 is 1.95 bits per heavy atom. The predicted molar refractivity (Wildman–Crippen MR) is 83.2 cm³/mol. The first-order valence-corrected chi connectivity index (χ1v) is 9.01. The van der Waals surface area contributed by atoms with Gasteiger partial charge in [0, 0.05) is 24.4 Å². The minimum atomic E-state index is -3.29. The van der Waals surface area contributed by atoms with E-state index in [1.165, 1.54) is 5.56 Å². The van der Waals surface area contributed by atoms with Gasteiger partial charge in [0.15, 0.2) is 0 Å². The molecule has 0 radical (unpaired) electrons. The average Bonchev–Trinajstić information content (AvgIpc) is 2.75. The maximum absolute atomic E-state index is 12.5. The fourth-order valence-corrected chi connectivity index (χ4v) is 5.34. The van der Waals surface area contributed by atoms with Gasteiger partial charge < -0.3 is 0 Å². The lowest BCUT2D eigenvalue weighted by Gasteiger charge is -2.27. The Morgan fingerprint density at radius 1 is 1.29 bits per heavy atom. The van der Waals surface area contributed by atoms with Crippen LogP contribution in [-0.2, 0) is 10.0 Å². The van der Waals surface area contributed by atoms with Gasteiger partial charge in [-0.2, -0.15) is 9.57 Å². The number of nitrogens with zero attached hydrogens (tertiary/aromatic N) is 2. The SMILES string of the molecule is CC1CC(c2ccccc2)C(C)N1S(=O)(=O)CCCC#N. The zero-order valence-electron chi connectivity index (χ0n) is 12.6. The van der Waals surface area contributed by atoms with Gasteiger partial charge in [0.1, 0.15) is 0 Å². The van der Waals surface area contributed by atoms with Crippen LogP contribution in [0, 0.1) is 11.3 Å². The molecule has 5 heteroatoms. The fraction of sp³-hybridized carbons (Fsp3) is 0.562. The van der Waals surface area contributed by atoms with Crippen LogP contribution < -0.4 is 0 Å². The van der Waals surface area contributed by atoms with Crippen LogP contribution in [0.4, 0.5) is 0 Å². The molecule has 2 rings (SSSR count). The van der Waals surface area contributed by atoms with E-state index in [9.17, 15) is 8.42 Å². The summed E-state index contributed by atoms with van der Waals surface area (Å²) >= 11 is 0. The van der Waals surface area contributed by atoms with Crippen molar-refractivity contribution in [2.75, 3.05) is 5.75 Å². The summed E-state index contributed by atoms with van der Waals surface area (Å²) in [7, 11) is -3.29. The van der Waals surface area contributed by atoms with Gasteiger partial charge in [0.25, 0.3) is 0 Å². The van der Waals surface area contributed by atoms with Crippen molar-refractivity contribution in [3.8, 4) is 6.07 Å². The highest BCUT2D eigenvalue weighted by molar-refractivity contribution is 7.89. The molecule has 21 heavy (non-hydrogen) atoms. The summed E-state index contributed by atoms with van der Waals surface area (Å²) < 4.78 is 26.7. The highest BCUT2D eigenvalue weighted by atomic mass is 32.2. The van der Waals surface area contributed by atoms with Crippen LogP contribution in [0.3, 0.4) is 0 Å². The van der Waals surface area contributed by atoms with Crippen molar-refractivity contribution in [1.29, 1.82) is 5.26 Å². The van der Waals surface area contributed by atoms with Gasteiger partial charge in [-0.25, -0.2) is 8.42 Å². The number of unbranched alkanes of at least 4 members (excludes halogenated alkanes) is 1. The van der Waals surface area contributed by atoms with Crippen LogP contribution in [0.1, 0.15) is 44.6 Å². The lowest BCUT2D eigenvalue weighted by Crippen LogP contribution is -2.40. The van der Waals surface area contributed by atoms with Gasteiger partial charge in [0.05, 0.1) is 11.8 Å². The molecule has 0 aliphatic carbocycles. The molecule has 1 aromatic carbocycles. The van der Waals surface area contributed by atoms with Gasteiger partial charge in [-0.15, -0.1) is 0 Å². The Balaban J connectivity index is 2.17. The number of hydrogen-bond donors (Lipinski definition) is 0. The number of rotatable bonds is 5. The second-order valence-electron chi connectivity index (χ2n) is 5.75. The molecule has 1 aromatic rings. The van der Waals surface area contributed by atoms with Gasteiger partial charge in [-0.05, 0) is 32.3 Å². The molecule has 0 saturated carbocycles. The summed E-state index contributed by atoms with van der Waals surface area (Å²) in [5, 5.41) is 8.56. The van der Waals surface area contributed by atoms with Crippen LogP contribution >= 0.6 is 0 Å². The normalized spacial score (nSPS) is 26.6. The topological polar surface area (TPSA) is 61.2 Å². The van der Waals surface area contributed by atoms with Crippen LogP contribution in [0.15, 0.2) is 30.3 Å². The fourth-order valence-electron chi connectivity index (χ4n) is 3.33. The molecule has 1 saturated heterocycles. The summed E-state index contributed by atoms with van der Waals surface area (Å²) in [6.45, 7) is 3.96. The highest BCUT2D eigenvalue weighted by Crippen LogP contribution is 2.39. The third-order valence-corrected chi connectivity index (χ3v) is 6.39. The van der Waals surface area contributed by atoms with Crippen molar-refractivity contribution >= 4 is 10.0 Å². The monoisotopic (exact) mass is 306 g/mol. The van der Waals surface area contributed by atoms with Gasteiger partial charge in [-0.1, -0.05) is 30.3 Å². The zero-order valence-corrected chi connectivity index (χ0v) is 13.4. The zero-order chi connectivity index (χ0) is 15.5. The molecule has 0 amide bonds. The van der Waals surface area contributed by atoms with E-state index < -0.39 is 10.0 Å². The molecular formula is C16H22N2O2S. The van der Waals surface area contributed by atoms with E-state index >= 15 is 0 Å². The molecule has 3 atom stereocenters. The van der Waals surface area contributed by atoms with E-state index in [1.54, 1.807) is 4.31 Å². The Labute approximate surface area is 127 Å². The third kappa shape index (κ3) is 3.45. The number of nitriles is 1. The Bertz CT molecular complexity index is 607. The van der Waals surface area contributed by atoms with Crippen LogP contribution in [0.2, 0.25) is 0 Å². The lowest BCUT2D eigenvalue weighted by atomic mass is 9.92. The minimum absolute atomic E-state index is 0.0114. The van der Waals surface area contributed by atoms with Crippen molar-refractivity contribution in [3.05, 3.63) is 35.9 Å². The standard InChI is InChI=1S/C16H22N2O2S/c1-13-12-16(15-8-4-3-5-9-15)14(2)18(13)21(19,20)11-7-6-10-17/h3-5,8-9,13-14,16H,6-7,11-12H2,1-2H3. The molecule has 1 aliphatic heterocycles. The third-order valence-electron chi connectivity index (χ3n) is 4.25. The van der Waals surface area contributed by atoms with Gasteiger partial charge >= 0.3 is 0 Å². The number of sulfonamides is 1. The van der Waals surface area contributed by atoms with E-state index in [1.807, 2.05) is 38.1 Å². The van der Waals surface area contributed by atoms with Crippen molar-refractivity contribution < 1.29 is 8.42 Å². The number of benzene rings is 1. The first-order chi connectivity index (χ1) is 9.97. The van der Waals surface area contributed by atoms with Gasteiger partial charge in [0.2, 0.25) is 10.0 Å². The van der Waals surface area contributed by atoms with E-state index in [0.717, 1.165) is 6.42 Å². The van der Waals surface area contributed by atoms with Gasteiger partial charge in [-0.3, -0.25) is 0 Å². The molecular weight excluding hydrogens is 284 g/mol. The quantitative estimate of drug-likeness (QED) is 0.786. The molecule has 1 aliphatic rings. The summed E-state index contributed by atoms with van der Waals surface area (Å²) in [4.78, 5) is 0. The largest absolute Gasteiger partial charge is 0.214 e.